The molecular weight excluding hydrogens is 243 g/mol. The number of rotatable bonds is 1. The molecule has 1 rings (SSSR count). The van der Waals surface area contributed by atoms with Crippen LogP contribution in [-0.2, 0) is 12.1 Å². The van der Waals surface area contributed by atoms with Gasteiger partial charge < -0.3 is 0 Å². The van der Waals surface area contributed by atoms with Crippen molar-refractivity contribution in [3.63, 3.8) is 0 Å². The van der Waals surface area contributed by atoms with Crippen molar-refractivity contribution in [1.82, 2.24) is 0 Å². The lowest BCUT2D eigenvalue weighted by Gasteiger charge is -2.10. The Morgan fingerprint density at radius 2 is 1.79 bits per heavy atom. The summed E-state index contributed by atoms with van der Waals surface area (Å²) >= 11 is 10.5. The van der Waals surface area contributed by atoms with Gasteiger partial charge in [0.1, 0.15) is 5.82 Å². The fourth-order valence-corrected chi connectivity index (χ4v) is 1.38. The van der Waals surface area contributed by atoms with E-state index in [0.717, 1.165) is 0 Å². The lowest BCUT2D eigenvalue weighted by molar-refractivity contribution is -0.137. The maximum absolute atomic E-state index is 12.9. The van der Waals surface area contributed by atoms with E-state index in [0.29, 0.717) is 12.1 Å². The molecule has 0 radical (unpaired) electrons. The Morgan fingerprint density at radius 1 is 1.21 bits per heavy atom. The molecule has 0 bridgehead atoms. The first kappa shape index (κ1) is 11.6. The summed E-state index contributed by atoms with van der Waals surface area (Å²) in [7, 11) is 0. The summed E-state index contributed by atoms with van der Waals surface area (Å²) in [6.07, 6.45) is -4.59. The average molecular weight is 247 g/mol. The predicted molar refractivity (Wildman–Crippen MR) is 46.0 cm³/mol. The van der Waals surface area contributed by atoms with Gasteiger partial charge in [0.05, 0.1) is 16.5 Å². The Labute approximate surface area is 87.4 Å². The summed E-state index contributed by atoms with van der Waals surface area (Å²) in [4.78, 5) is 0. The Morgan fingerprint density at radius 3 is 2.21 bits per heavy atom. The molecule has 0 N–H and O–H groups in total. The lowest BCUT2D eigenvalue weighted by atomic mass is 10.1. The van der Waals surface area contributed by atoms with Crippen LogP contribution in [0.4, 0.5) is 17.6 Å². The summed E-state index contributed by atoms with van der Waals surface area (Å²) in [6.45, 7) is 0. The quantitative estimate of drug-likeness (QED) is 0.514. The molecule has 0 amide bonds. The highest BCUT2D eigenvalue weighted by Gasteiger charge is 2.34. The molecule has 0 saturated carbocycles. The second-order valence-electron chi connectivity index (χ2n) is 2.55. The fraction of sp³-hybridized carbons (Fsp3) is 0.250. The van der Waals surface area contributed by atoms with Gasteiger partial charge in [0.2, 0.25) is 0 Å². The van der Waals surface area contributed by atoms with Gasteiger partial charge in [-0.3, -0.25) is 0 Å². The lowest BCUT2D eigenvalue weighted by Crippen LogP contribution is -2.07. The molecule has 1 aromatic carbocycles. The van der Waals surface area contributed by atoms with Crippen LogP contribution in [0.3, 0.4) is 0 Å². The summed E-state index contributed by atoms with van der Waals surface area (Å²) in [6, 6.07) is 1.23. The highest BCUT2D eigenvalue weighted by Crippen LogP contribution is 2.36. The molecule has 78 valence electrons. The molecule has 0 atom stereocenters. The van der Waals surface area contributed by atoms with E-state index in [1.54, 1.807) is 0 Å². The van der Waals surface area contributed by atoms with Crippen molar-refractivity contribution in [2.24, 2.45) is 0 Å². The minimum Gasteiger partial charge on any atom is -0.207 e. The molecule has 0 fully saturated rings. The first-order valence-corrected chi connectivity index (χ1v) is 4.38. The van der Waals surface area contributed by atoms with E-state index in [9.17, 15) is 17.6 Å². The van der Waals surface area contributed by atoms with Crippen LogP contribution in [0.15, 0.2) is 12.1 Å². The maximum atomic E-state index is 12.9. The van der Waals surface area contributed by atoms with Crippen LogP contribution in [0.2, 0.25) is 5.02 Å². The smallest absolute Gasteiger partial charge is 0.207 e. The second kappa shape index (κ2) is 3.95. The monoisotopic (exact) mass is 246 g/mol. The van der Waals surface area contributed by atoms with E-state index in [4.69, 9.17) is 23.2 Å². The van der Waals surface area contributed by atoms with E-state index in [1.807, 2.05) is 0 Å². The average Bonchev–Trinajstić information content (AvgIpc) is 2.02. The van der Waals surface area contributed by atoms with Crippen molar-refractivity contribution >= 4 is 23.2 Å². The second-order valence-corrected chi connectivity index (χ2v) is 3.23. The zero-order valence-electron chi connectivity index (χ0n) is 6.63. The molecule has 0 nitrogen and oxygen atoms in total. The number of benzene rings is 1. The Balaban J connectivity index is 3.32. The molecule has 1 aromatic rings. The molecule has 0 aliphatic carbocycles. The minimum absolute atomic E-state index is 0.219. The zero-order valence-corrected chi connectivity index (χ0v) is 8.14. The van der Waals surface area contributed by atoms with Gasteiger partial charge >= 0.3 is 6.18 Å². The molecule has 0 aliphatic rings. The number of halogens is 6. The van der Waals surface area contributed by atoms with E-state index < -0.39 is 22.6 Å². The summed E-state index contributed by atoms with van der Waals surface area (Å²) in [5.74, 6) is -1.16. The van der Waals surface area contributed by atoms with Crippen molar-refractivity contribution in [1.29, 1.82) is 0 Å². The van der Waals surface area contributed by atoms with Crippen molar-refractivity contribution in [2.45, 2.75) is 12.1 Å². The topological polar surface area (TPSA) is 0 Å². The molecule has 6 heteroatoms. The Kier molecular flexibility index (Phi) is 3.27. The van der Waals surface area contributed by atoms with Crippen molar-refractivity contribution in [3.05, 3.63) is 34.1 Å². The Hall–Kier alpha value is -0.480. The van der Waals surface area contributed by atoms with E-state index in [1.165, 1.54) is 0 Å². The van der Waals surface area contributed by atoms with Crippen LogP contribution in [0.25, 0.3) is 0 Å². The Bertz CT molecular complexity index is 346. The standard InChI is InChI=1S/C8H4Cl2F4/c9-3-4-1-5(8(12,13)14)6(10)2-7(4)11/h1-2H,3H2. The van der Waals surface area contributed by atoms with Crippen LogP contribution in [-0.4, -0.2) is 0 Å². The van der Waals surface area contributed by atoms with E-state index in [2.05, 4.69) is 0 Å². The highest BCUT2D eigenvalue weighted by atomic mass is 35.5. The first-order valence-electron chi connectivity index (χ1n) is 3.47. The normalized spacial score (nSPS) is 11.9. The molecular formula is C8H4Cl2F4. The van der Waals surface area contributed by atoms with Crippen molar-refractivity contribution in [3.8, 4) is 0 Å². The highest BCUT2D eigenvalue weighted by molar-refractivity contribution is 6.31. The third kappa shape index (κ3) is 2.30. The summed E-state index contributed by atoms with van der Waals surface area (Å²) in [5, 5.41) is -0.663. The van der Waals surface area contributed by atoms with Gasteiger partial charge in [0, 0.05) is 5.56 Å². The molecule has 0 aromatic heterocycles. The third-order valence-corrected chi connectivity index (χ3v) is 2.19. The molecule has 0 aliphatic heterocycles. The van der Waals surface area contributed by atoms with Gasteiger partial charge in [0.25, 0.3) is 0 Å². The largest absolute Gasteiger partial charge is 0.417 e. The number of hydrogen-bond donors (Lipinski definition) is 0. The van der Waals surface area contributed by atoms with Crippen LogP contribution in [0.5, 0.6) is 0 Å². The molecule has 0 spiro atoms. The van der Waals surface area contributed by atoms with Gasteiger partial charge in [-0.1, -0.05) is 11.6 Å². The van der Waals surface area contributed by atoms with Crippen LogP contribution >= 0.6 is 23.2 Å². The summed E-state index contributed by atoms with van der Waals surface area (Å²) in [5.41, 5.74) is -1.29. The fourth-order valence-electron chi connectivity index (χ4n) is 0.913. The number of hydrogen-bond acceptors (Lipinski definition) is 0. The van der Waals surface area contributed by atoms with Crippen molar-refractivity contribution < 1.29 is 17.6 Å². The van der Waals surface area contributed by atoms with Crippen molar-refractivity contribution in [2.75, 3.05) is 0 Å². The van der Waals surface area contributed by atoms with Gasteiger partial charge in [0.15, 0.2) is 0 Å². The predicted octanol–water partition coefficient (Wildman–Crippen LogP) is 4.24. The van der Waals surface area contributed by atoms with Crippen LogP contribution in [0, 0.1) is 5.82 Å². The van der Waals surface area contributed by atoms with Crippen LogP contribution < -0.4 is 0 Å². The zero-order chi connectivity index (χ0) is 10.9. The maximum Gasteiger partial charge on any atom is 0.417 e. The molecule has 0 heterocycles. The summed E-state index contributed by atoms with van der Waals surface area (Å²) < 4.78 is 49.6. The molecule has 0 unspecified atom stereocenters. The van der Waals surface area contributed by atoms with Gasteiger partial charge in [-0.15, -0.1) is 11.6 Å². The molecule has 14 heavy (non-hydrogen) atoms. The van der Waals surface area contributed by atoms with Gasteiger partial charge in [-0.05, 0) is 12.1 Å². The van der Waals surface area contributed by atoms with E-state index >= 15 is 0 Å². The minimum atomic E-state index is -4.59. The third-order valence-electron chi connectivity index (χ3n) is 1.59. The van der Waals surface area contributed by atoms with Gasteiger partial charge in [-0.25, -0.2) is 4.39 Å². The molecule has 0 saturated heterocycles. The number of alkyl halides is 4. The first-order chi connectivity index (χ1) is 6.36. The van der Waals surface area contributed by atoms with Crippen LogP contribution in [0.1, 0.15) is 11.1 Å². The SMILES string of the molecule is Fc1cc(Cl)c(C(F)(F)F)cc1CCl. The van der Waals surface area contributed by atoms with E-state index in [-0.39, 0.29) is 11.4 Å². The van der Waals surface area contributed by atoms with Gasteiger partial charge in [-0.2, -0.15) is 13.2 Å².